The van der Waals surface area contributed by atoms with E-state index < -0.39 is 0 Å². The quantitative estimate of drug-likeness (QED) is 0.817. The van der Waals surface area contributed by atoms with Crippen molar-refractivity contribution in [2.45, 2.75) is 26.9 Å². The molecule has 0 bridgehead atoms. The Bertz CT molecular complexity index is 687. The minimum Gasteiger partial charge on any atom is -0.396 e. The van der Waals surface area contributed by atoms with E-state index in [1.807, 2.05) is 38.1 Å². The van der Waals surface area contributed by atoms with Crippen molar-refractivity contribution < 1.29 is 9.90 Å². The summed E-state index contributed by atoms with van der Waals surface area (Å²) in [6.45, 7) is 4.72. The van der Waals surface area contributed by atoms with Crippen molar-refractivity contribution in [1.29, 1.82) is 0 Å². The van der Waals surface area contributed by atoms with E-state index in [9.17, 15) is 9.59 Å². The van der Waals surface area contributed by atoms with Crippen LogP contribution in [-0.2, 0) is 17.9 Å². The van der Waals surface area contributed by atoms with E-state index in [1.165, 1.54) is 4.57 Å². The molecular formula is C15H21N3O3. The number of hydrogen-bond acceptors (Lipinski definition) is 3. The number of aliphatic hydroxyl groups excluding tert-OH is 1. The number of benzene rings is 1. The summed E-state index contributed by atoms with van der Waals surface area (Å²) in [7, 11) is 0. The van der Waals surface area contributed by atoms with Crippen LogP contribution in [0.2, 0.25) is 0 Å². The van der Waals surface area contributed by atoms with E-state index in [4.69, 9.17) is 5.11 Å². The molecule has 1 atom stereocenters. The van der Waals surface area contributed by atoms with E-state index in [-0.39, 0.29) is 30.7 Å². The molecule has 0 aliphatic rings. The summed E-state index contributed by atoms with van der Waals surface area (Å²) < 4.78 is 3.14. The number of nitrogens with one attached hydrogen (secondary N) is 1. The molecule has 0 fully saturated rings. The molecule has 0 radical (unpaired) electrons. The summed E-state index contributed by atoms with van der Waals surface area (Å²) in [6, 6.07) is 7.44. The average molecular weight is 291 g/mol. The summed E-state index contributed by atoms with van der Waals surface area (Å²) in [6.07, 6.45) is 0. The average Bonchev–Trinajstić information content (AvgIpc) is 2.77. The normalized spacial score (nSPS) is 12.5. The number of para-hydroxylation sites is 2. The number of carbonyl (C=O) groups is 1. The number of hydrogen-bond donors (Lipinski definition) is 2. The highest BCUT2D eigenvalue weighted by Gasteiger charge is 2.14. The number of carbonyl (C=O) groups excluding carboxylic acids is 1. The Kier molecular flexibility index (Phi) is 4.80. The van der Waals surface area contributed by atoms with Gasteiger partial charge in [0.25, 0.3) is 0 Å². The highest BCUT2D eigenvalue weighted by atomic mass is 16.3. The van der Waals surface area contributed by atoms with Gasteiger partial charge in [-0.05, 0) is 25.0 Å². The lowest BCUT2D eigenvalue weighted by Gasteiger charge is -2.10. The van der Waals surface area contributed by atoms with Gasteiger partial charge in [0.05, 0.1) is 11.0 Å². The molecule has 0 aliphatic heterocycles. The van der Waals surface area contributed by atoms with Gasteiger partial charge in [0.15, 0.2) is 0 Å². The number of aliphatic hydroxyl groups is 1. The summed E-state index contributed by atoms with van der Waals surface area (Å²) in [5.41, 5.74) is 1.42. The van der Waals surface area contributed by atoms with Gasteiger partial charge in [-0.3, -0.25) is 13.9 Å². The van der Waals surface area contributed by atoms with E-state index in [1.54, 1.807) is 4.57 Å². The van der Waals surface area contributed by atoms with E-state index in [2.05, 4.69) is 5.32 Å². The topological polar surface area (TPSA) is 76.3 Å². The van der Waals surface area contributed by atoms with E-state index in [0.29, 0.717) is 13.1 Å². The van der Waals surface area contributed by atoms with Gasteiger partial charge in [-0.1, -0.05) is 19.1 Å². The number of nitrogens with zero attached hydrogens (tertiary/aromatic N) is 2. The highest BCUT2D eigenvalue weighted by Crippen LogP contribution is 2.12. The zero-order valence-corrected chi connectivity index (χ0v) is 12.4. The maximum absolute atomic E-state index is 12.4. The number of imidazole rings is 1. The molecule has 1 aromatic carbocycles. The largest absolute Gasteiger partial charge is 0.396 e. The summed E-state index contributed by atoms with van der Waals surface area (Å²) >= 11 is 0. The van der Waals surface area contributed by atoms with E-state index >= 15 is 0 Å². The number of fused-ring (bicyclic) bond motifs is 1. The van der Waals surface area contributed by atoms with Crippen LogP contribution in [0.3, 0.4) is 0 Å². The maximum Gasteiger partial charge on any atom is 0.329 e. The molecule has 0 saturated heterocycles. The van der Waals surface area contributed by atoms with Crippen molar-refractivity contribution >= 4 is 16.9 Å². The molecular weight excluding hydrogens is 270 g/mol. The maximum atomic E-state index is 12.4. The van der Waals surface area contributed by atoms with Gasteiger partial charge in [-0.25, -0.2) is 4.79 Å². The minimum absolute atomic E-state index is 0.00246. The SMILES string of the molecule is CCn1c(=O)n(CC(=O)NCC(C)CO)c2ccccc21. The third-order valence-electron chi connectivity index (χ3n) is 3.50. The molecule has 0 saturated carbocycles. The van der Waals surface area contributed by atoms with Gasteiger partial charge >= 0.3 is 5.69 Å². The first-order valence-corrected chi connectivity index (χ1v) is 7.14. The first kappa shape index (κ1) is 15.3. The Hall–Kier alpha value is -2.08. The summed E-state index contributed by atoms with van der Waals surface area (Å²) in [5.74, 6) is -0.223. The molecule has 1 unspecified atom stereocenters. The van der Waals surface area contributed by atoms with Gasteiger partial charge in [0, 0.05) is 19.7 Å². The van der Waals surface area contributed by atoms with Crippen LogP contribution in [0.25, 0.3) is 11.0 Å². The Morgan fingerprint density at radius 1 is 1.29 bits per heavy atom. The summed E-state index contributed by atoms with van der Waals surface area (Å²) in [4.78, 5) is 24.3. The predicted octanol–water partition coefficient (Wildman–Crippen LogP) is 0.568. The van der Waals surface area contributed by atoms with Crippen LogP contribution in [0, 0.1) is 5.92 Å². The van der Waals surface area contributed by atoms with Crippen LogP contribution in [0.4, 0.5) is 0 Å². The molecule has 21 heavy (non-hydrogen) atoms. The Balaban J connectivity index is 2.24. The number of amides is 1. The van der Waals surface area contributed by atoms with Gasteiger partial charge in [-0.2, -0.15) is 0 Å². The van der Waals surface area contributed by atoms with Gasteiger partial charge in [0.1, 0.15) is 6.54 Å². The number of rotatable bonds is 6. The molecule has 2 N–H and O–H groups in total. The molecule has 6 heteroatoms. The smallest absolute Gasteiger partial charge is 0.329 e. The molecule has 0 spiro atoms. The molecule has 6 nitrogen and oxygen atoms in total. The zero-order valence-electron chi connectivity index (χ0n) is 12.4. The Morgan fingerprint density at radius 3 is 2.48 bits per heavy atom. The summed E-state index contributed by atoms with van der Waals surface area (Å²) in [5, 5.41) is 11.7. The fourth-order valence-electron chi connectivity index (χ4n) is 2.28. The fourth-order valence-corrected chi connectivity index (χ4v) is 2.28. The van der Waals surface area contributed by atoms with Crippen LogP contribution in [0.5, 0.6) is 0 Å². The van der Waals surface area contributed by atoms with Gasteiger partial charge in [0.2, 0.25) is 5.91 Å². The zero-order chi connectivity index (χ0) is 15.4. The van der Waals surface area contributed by atoms with Crippen LogP contribution in [0.1, 0.15) is 13.8 Å². The van der Waals surface area contributed by atoms with Crippen LogP contribution >= 0.6 is 0 Å². The standard InChI is InChI=1S/C15H21N3O3/c1-3-17-12-6-4-5-7-13(12)18(15(17)21)9-14(20)16-8-11(2)10-19/h4-7,11,19H,3,8-10H2,1-2H3,(H,16,20). The first-order chi connectivity index (χ1) is 10.1. The van der Waals surface area contributed by atoms with Crippen molar-refractivity contribution in [3.63, 3.8) is 0 Å². The monoisotopic (exact) mass is 291 g/mol. The third kappa shape index (κ3) is 3.16. The first-order valence-electron chi connectivity index (χ1n) is 7.14. The van der Waals surface area contributed by atoms with Crippen LogP contribution in [-0.4, -0.2) is 33.3 Å². The number of aryl methyl sites for hydroxylation is 1. The minimum atomic E-state index is -0.226. The second-order valence-electron chi connectivity index (χ2n) is 5.19. The van der Waals surface area contributed by atoms with Crippen LogP contribution < -0.4 is 11.0 Å². The third-order valence-corrected chi connectivity index (χ3v) is 3.50. The molecule has 0 aliphatic carbocycles. The molecule has 1 heterocycles. The molecule has 2 rings (SSSR count). The van der Waals surface area contributed by atoms with Crippen molar-refractivity contribution in [2.24, 2.45) is 5.92 Å². The second kappa shape index (κ2) is 6.58. The molecule has 1 aromatic heterocycles. The molecule has 114 valence electrons. The van der Waals surface area contributed by atoms with Crippen molar-refractivity contribution in [1.82, 2.24) is 14.5 Å². The van der Waals surface area contributed by atoms with Gasteiger partial charge < -0.3 is 10.4 Å². The van der Waals surface area contributed by atoms with Crippen molar-refractivity contribution in [2.75, 3.05) is 13.2 Å². The predicted molar refractivity (Wildman–Crippen MR) is 81.1 cm³/mol. The number of aromatic nitrogens is 2. The fraction of sp³-hybridized carbons (Fsp3) is 0.467. The highest BCUT2D eigenvalue weighted by molar-refractivity contribution is 5.80. The lowest BCUT2D eigenvalue weighted by Crippen LogP contribution is -2.35. The van der Waals surface area contributed by atoms with Crippen molar-refractivity contribution in [3.8, 4) is 0 Å². The lowest BCUT2D eigenvalue weighted by atomic mass is 10.2. The van der Waals surface area contributed by atoms with Crippen molar-refractivity contribution in [3.05, 3.63) is 34.7 Å². The molecule has 2 aromatic rings. The van der Waals surface area contributed by atoms with Gasteiger partial charge in [-0.15, -0.1) is 0 Å². The Labute approximate surface area is 123 Å². The van der Waals surface area contributed by atoms with E-state index in [0.717, 1.165) is 11.0 Å². The molecule has 1 amide bonds. The second-order valence-corrected chi connectivity index (χ2v) is 5.19. The lowest BCUT2D eigenvalue weighted by molar-refractivity contribution is -0.121. The van der Waals surface area contributed by atoms with Crippen LogP contribution in [0.15, 0.2) is 29.1 Å². The Morgan fingerprint density at radius 2 is 1.90 bits per heavy atom.